The van der Waals surface area contributed by atoms with Gasteiger partial charge < -0.3 is 10.6 Å². The molecular weight excluding hydrogens is 228 g/mol. The van der Waals surface area contributed by atoms with Crippen LogP contribution >= 0.6 is 0 Å². The van der Waals surface area contributed by atoms with Crippen molar-refractivity contribution in [2.75, 3.05) is 18.9 Å². The van der Waals surface area contributed by atoms with E-state index in [1.807, 2.05) is 43.0 Å². The second-order valence-corrected chi connectivity index (χ2v) is 4.14. The molecule has 2 aromatic rings. The van der Waals surface area contributed by atoms with Crippen molar-refractivity contribution in [3.05, 3.63) is 24.4 Å². The lowest BCUT2D eigenvalue weighted by atomic mass is 10.2. The van der Waals surface area contributed by atoms with Crippen LogP contribution in [0.5, 0.6) is 0 Å². The number of aromatic nitrogens is 2. The fraction of sp³-hybridized carbons (Fsp3) is 0.385. The number of hydrogen-bond donors (Lipinski definition) is 2. The first-order valence-corrected chi connectivity index (χ1v) is 6.14. The summed E-state index contributed by atoms with van der Waals surface area (Å²) in [5, 5.41) is 11.2. The van der Waals surface area contributed by atoms with Crippen LogP contribution in [0.2, 0.25) is 0 Å². The molecule has 1 aromatic carbocycles. The molecule has 5 nitrogen and oxygen atoms in total. The third-order valence-corrected chi connectivity index (χ3v) is 2.83. The van der Waals surface area contributed by atoms with Crippen molar-refractivity contribution >= 4 is 22.5 Å². The number of anilines is 1. The minimum atomic E-state index is 0.0197. The second-order valence-electron chi connectivity index (χ2n) is 4.14. The molecule has 0 aliphatic rings. The van der Waals surface area contributed by atoms with E-state index >= 15 is 0 Å². The van der Waals surface area contributed by atoms with E-state index in [2.05, 4.69) is 15.7 Å². The summed E-state index contributed by atoms with van der Waals surface area (Å²) in [5.74, 6) is 0.0197. The molecule has 0 radical (unpaired) electrons. The van der Waals surface area contributed by atoms with Crippen molar-refractivity contribution in [1.29, 1.82) is 0 Å². The highest BCUT2D eigenvalue weighted by Gasteiger charge is 2.05. The number of nitrogens with zero attached hydrogens (tertiary/aromatic N) is 2. The number of aryl methyl sites for hydroxylation is 1. The normalized spacial score (nSPS) is 10.8. The smallest absolute Gasteiger partial charge is 0.225 e. The molecule has 1 heterocycles. The Hall–Kier alpha value is -1.88. The predicted octanol–water partition coefficient (Wildman–Crippen LogP) is 1.60. The molecule has 0 bridgehead atoms. The van der Waals surface area contributed by atoms with Crippen LogP contribution < -0.4 is 10.6 Å². The first-order chi connectivity index (χ1) is 8.74. The average molecular weight is 246 g/mol. The zero-order chi connectivity index (χ0) is 13.0. The topological polar surface area (TPSA) is 59.0 Å². The first kappa shape index (κ1) is 12.6. The van der Waals surface area contributed by atoms with Gasteiger partial charge in [0.05, 0.1) is 11.7 Å². The highest BCUT2D eigenvalue weighted by Crippen LogP contribution is 2.19. The molecule has 0 aliphatic heterocycles. The van der Waals surface area contributed by atoms with Crippen LogP contribution in [0.3, 0.4) is 0 Å². The van der Waals surface area contributed by atoms with Gasteiger partial charge in [0, 0.05) is 30.6 Å². The molecule has 0 saturated carbocycles. The molecule has 0 aliphatic carbocycles. The van der Waals surface area contributed by atoms with E-state index in [9.17, 15) is 4.79 Å². The van der Waals surface area contributed by atoms with Gasteiger partial charge in [-0.2, -0.15) is 5.10 Å². The van der Waals surface area contributed by atoms with Crippen molar-refractivity contribution < 1.29 is 4.79 Å². The molecule has 0 saturated heterocycles. The molecule has 0 spiro atoms. The molecule has 1 aromatic heterocycles. The summed E-state index contributed by atoms with van der Waals surface area (Å²) >= 11 is 0. The highest BCUT2D eigenvalue weighted by atomic mass is 16.1. The Labute approximate surface area is 106 Å². The van der Waals surface area contributed by atoms with Gasteiger partial charge >= 0.3 is 0 Å². The number of rotatable bonds is 5. The number of amides is 1. The summed E-state index contributed by atoms with van der Waals surface area (Å²) in [7, 11) is 1.83. The predicted molar refractivity (Wildman–Crippen MR) is 72.6 cm³/mol. The molecule has 0 fully saturated rings. The van der Waals surface area contributed by atoms with Crippen molar-refractivity contribution in [1.82, 2.24) is 15.1 Å². The maximum Gasteiger partial charge on any atom is 0.225 e. The highest BCUT2D eigenvalue weighted by molar-refractivity contribution is 5.93. The van der Waals surface area contributed by atoms with E-state index < -0.39 is 0 Å². The van der Waals surface area contributed by atoms with E-state index in [0.29, 0.717) is 13.0 Å². The molecule has 1 amide bonds. The molecule has 2 N–H and O–H groups in total. The third-order valence-electron chi connectivity index (χ3n) is 2.83. The largest absolute Gasteiger partial charge is 0.326 e. The number of carbonyl (C=O) groups excluding carboxylic acids is 1. The van der Waals surface area contributed by atoms with Crippen LogP contribution in [0.4, 0.5) is 5.69 Å². The van der Waals surface area contributed by atoms with E-state index in [1.165, 1.54) is 0 Å². The van der Waals surface area contributed by atoms with Crippen LogP contribution in [-0.2, 0) is 11.3 Å². The van der Waals surface area contributed by atoms with E-state index in [4.69, 9.17) is 0 Å². The number of fused-ring (bicyclic) bond motifs is 1. The van der Waals surface area contributed by atoms with Gasteiger partial charge in [0.2, 0.25) is 5.91 Å². The fourth-order valence-electron chi connectivity index (χ4n) is 1.86. The van der Waals surface area contributed by atoms with Gasteiger partial charge in [-0.3, -0.25) is 9.48 Å². The summed E-state index contributed by atoms with van der Waals surface area (Å²) in [6.07, 6.45) is 2.31. The van der Waals surface area contributed by atoms with E-state index in [-0.39, 0.29) is 5.91 Å². The van der Waals surface area contributed by atoms with Gasteiger partial charge in [0.1, 0.15) is 0 Å². The van der Waals surface area contributed by atoms with Crippen LogP contribution in [0.25, 0.3) is 10.9 Å². The summed E-state index contributed by atoms with van der Waals surface area (Å²) < 4.78 is 1.92. The van der Waals surface area contributed by atoms with E-state index in [0.717, 1.165) is 23.1 Å². The van der Waals surface area contributed by atoms with Crippen molar-refractivity contribution in [2.45, 2.75) is 19.9 Å². The quantitative estimate of drug-likeness (QED) is 0.842. The lowest BCUT2D eigenvalue weighted by molar-refractivity contribution is -0.116. The van der Waals surface area contributed by atoms with Gasteiger partial charge in [0.25, 0.3) is 0 Å². The molecule has 18 heavy (non-hydrogen) atoms. The Balaban J connectivity index is 2.16. The van der Waals surface area contributed by atoms with Crippen molar-refractivity contribution in [2.24, 2.45) is 0 Å². The van der Waals surface area contributed by atoms with Crippen LogP contribution in [0.15, 0.2) is 24.4 Å². The molecule has 5 heteroatoms. The minimum Gasteiger partial charge on any atom is -0.326 e. The van der Waals surface area contributed by atoms with E-state index in [1.54, 1.807) is 0 Å². The fourth-order valence-corrected chi connectivity index (χ4v) is 1.86. The minimum absolute atomic E-state index is 0.0197. The van der Waals surface area contributed by atoms with Gasteiger partial charge in [-0.25, -0.2) is 0 Å². The third kappa shape index (κ3) is 2.68. The Morgan fingerprint density at radius 3 is 3.00 bits per heavy atom. The molecule has 96 valence electrons. The van der Waals surface area contributed by atoms with Crippen LogP contribution in [0, 0.1) is 0 Å². The van der Waals surface area contributed by atoms with Crippen molar-refractivity contribution in [3.8, 4) is 0 Å². The second kappa shape index (κ2) is 5.64. The molecule has 2 rings (SSSR count). The standard InChI is InChI=1S/C13H18N4O/c1-3-17-12-8-11(5-4-10(12)9-15-17)16-13(18)6-7-14-2/h4-5,8-9,14H,3,6-7H2,1-2H3,(H,16,18). The maximum atomic E-state index is 11.6. The Morgan fingerprint density at radius 2 is 2.28 bits per heavy atom. The molecular formula is C13H18N4O. The van der Waals surface area contributed by atoms with Gasteiger partial charge in [-0.1, -0.05) is 0 Å². The number of benzene rings is 1. The summed E-state index contributed by atoms with van der Waals surface area (Å²) in [6.45, 7) is 3.55. The van der Waals surface area contributed by atoms with Gasteiger partial charge in [0.15, 0.2) is 0 Å². The number of nitrogens with one attached hydrogen (secondary N) is 2. The lowest BCUT2D eigenvalue weighted by Gasteiger charge is -2.06. The monoisotopic (exact) mass is 246 g/mol. The molecule has 0 atom stereocenters. The van der Waals surface area contributed by atoms with Crippen molar-refractivity contribution in [3.63, 3.8) is 0 Å². The van der Waals surface area contributed by atoms with Crippen LogP contribution in [-0.4, -0.2) is 29.3 Å². The summed E-state index contributed by atoms with van der Waals surface area (Å²) in [5.41, 5.74) is 1.86. The lowest BCUT2D eigenvalue weighted by Crippen LogP contribution is -2.18. The first-order valence-electron chi connectivity index (χ1n) is 6.14. The zero-order valence-electron chi connectivity index (χ0n) is 10.7. The zero-order valence-corrected chi connectivity index (χ0v) is 10.7. The summed E-state index contributed by atoms with van der Waals surface area (Å²) in [4.78, 5) is 11.6. The summed E-state index contributed by atoms with van der Waals surface area (Å²) in [6, 6.07) is 5.84. The van der Waals surface area contributed by atoms with Gasteiger partial charge in [-0.05, 0) is 32.2 Å². The average Bonchev–Trinajstić information content (AvgIpc) is 2.78. The van der Waals surface area contributed by atoms with Gasteiger partial charge in [-0.15, -0.1) is 0 Å². The SMILES string of the molecule is CCn1ncc2ccc(NC(=O)CCNC)cc21. The molecule has 0 unspecified atom stereocenters. The Kier molecular flexibility index (Phi) is 3.94. The number of carbonyl (C=O) groups is 1. The number of hydrogen-bond acceptors (Lipinski definition) is 3. The van der Waals surface area contributed by atoms with Crippen LogP contribution in [0.1, 0.15) is 13.3 Å². The Morgan fingerprint density at radius 1 is 1.44 bits per heavy atom. The Bertz CT molecular complexity index is 547. The maximum absolute atomic E-state index is 11.6.